The molecule has 2 unspecified atom stereocenters. The molecule has 0 aromatic carbocycles. The molecular formula is C18H24N4OS. The number of likely N-dealkylation sites (tertiary alicyclic amines) is 1. The van der Waals surface area contributed by atoms with Gasteiger partial charge in [-0.15, -0.1) is 11.3 Å². The third-order valence-corrected chi connectivity index (χ3v) is 6.12. The van der Waals surface area contributed by atoms with Crippen molar-refractivity contribution in [3.8, 4) is 0 Å². The van der Waals surface area contributed by atoms with Crippen LogP contribution in [0.3, 0.4) is 0 Å². The summed E-state index contributed by atoms with van der Waals surface area (Å²) < 4.78 is 2.04. The van der Waals surface area contributed by atoms with Crippen molar-refractivity contribution in [3.05, 3.63) is 33.5 Å². The van der Waals surface area contributed by atoms with Gasteiger partial charge in [0.1, 0.15) is 0 Å². The molecule has 1 saturated carbocycles. The summed E-state index contributed by atoms with van der Waals surface area (Å²) in [5, 5.41) is 7.80. The van der Waals surface area contributed by atoms with Crippen LogP contribution in [0.2, 0.25) is 0 Å². The molecule has 1 aliphatic heterocycles. The molecule has 0 N–H and O–H groups in total. The van der Waals surface area contributed by atoms with Crippen LogP contribution in [0.15, 0.2) is 11.4 Å². The zero-order chi connectivity index (χ0) is 16.8. The van der Waals surface area contributed by atoms with Gasteiger partial charge in [0.05, 0.1) is 22.8 Å². The fraction of sp³-hybridized carbons (Fsp3) is 0.611. The van der Waals surface area contributed by atoms with Gasteiger partial charge in [-0.1, -0.05) is 0 Å². The van der Waals surface area contributed by atoms with Crippen molar-refractivity contribution in [1.29, 1.82) is 0 Å². The molecule has 0 radical (unpaired) electrons. The summed E-state index contributed by atoms with van der Waals surface area (Å²) in [6.07, 6.45) is 4.58. The second kappa shape index (κ2) is 5.99. The van der Waals surface area contributed by atoms with Crippen LogP contribution >= 0.6 is 11.3 Å². The maximum absolute atomic E-state index is 13.0. The van der Waals surface area contributed by atoms with Crippen molar-refractivity contribution in [2.75, 3.05) is 6.54 Å². The highest BCUT2D eigenvalue weighted by molar-refractivity contribution is 7.09. The minimum atomic E-state index is 0.0491. The average Bonchev–Trinajstić information content (AvgIpc) is 2.95. The largest absolute Gasteiger partial charge is 0.329 e. The molecule has 1 aliphatic carbocycles. The molecule has 0 bridgehead atoms. The Morgan fingerprint density at radius 1 is 1.33 bits per heavy atom. The molecule has 2 aromatic heterocycles. The van der Waals surface area contributed by atoms with Crippen LogP contribution in [0.1, 0.15) is 71.6 Å². The fourth-order valence-corrected chi connectivity index (χ4v) is 4.44. The van der Waals surface area contributed by atoms with Crippen LogP contribution in [-0.2, 0) is 0 Å². The summed E-state index contributed by atoms with van der Waals surface area (Å²) in [7, 11) is 0. The number of hydrogen-bond acceptors (Lipinski definition) is 4. The van der Waals surface area contributed by atoms with Crippen LogP contribution in [0.4, 0.5) is 0 Å². The summed E-state index contributed by atoms with van der Waals surface area (Å²) in [6, 6.07) is 2.44. The second-order valence-electron chi connectivity index (χ2n) is 7.14. The number of amides is 1. The summed E-state index contributed by atoms with van der Waals surface area (Å²) in [6.45, 7) is 7.07. The highest BCUT2D eigenvalue weighted by atomic mass is 32.1. The molecule has 1 saturated heterocycles. The highest BCUT2D eigenvalue weighted by Crippen LogP contribution is 2.40. The molecule has 128 valence electrons. The van der Waals surface area contributed by atoms with E-state index in [1.165, 1.54) is 12.8 Å². The van der Waals surface area contributed by atoms with Crippen molar-refractivity contribution in [2.45, 2.75) is 58.5 Å². The minimum absolute atomic E-state index is 0.0491. The first kappa shape index (κ1) is 15.8. The Balaban J connectivity index is 1.57. The van der Waals surface area contributed by atoms with E-state index in [9.17, 15) is 4.79 Å². The molecule has 0 spiro atoms. The molecule has 2 aliphatic rings. The molecule has 24 heavy (non-hydrogen) atoms. The van der Waals surface area contributed by atoms with Gasteiger partial charge in [-0.05, 0) is 58.4 Å². The van der Waals surface area contributed by atoms with Crippen LogP contribution in [-0.4, -0.2) is 32.1 Å². The molecule has 4 rings (SSSR count). The lowest BCUT2D eigenvalue weighted by Gasteiger charge is -2.22. The van der Waals surface area contributed by atoms with Gasteiger partial charge in [0, 0.05) is 17.6 Å². The first-order valence-electron chi connectivity index (χ1n) is 8.83. The van der Waals surface area contributed by atoms with Gasteiger partial charge in [0.25, 0.3) is 5.91 Å². The normalized spacial score (nSPS) is 22.1. The van der Waals surface area contributed by atoms with Crippen molar-refractivity contribution in [3.63, 3.8) is 0 Å². The minimum Gasteiger partial charge on any atom is -0.329 e. The van der Waals surface area contributed by atoms with E-state index < -0.39 is 0 Å². The van der Waals surface area contributed by atoms with Crippen LogP contribution < -0.4 is 0 Å². The summed E-state index contributed by atoms with van der Waals surface area (Å²) >= 11 is 1.65. The molecular weight excluding hydrogens is 320 g/mol. The topological polar surface area (TPSA) is 51.0 Å². The number of carbonyl (C=O) groups excluding carboxylic acids is 1. The van der Waals surface area contributed by atoms with E-state index in [1.807, 2.05) is 29.5 Å². The summed E-state index contributed by atoms with van der Waals surface area (Å²) in [5.74, 6) is 0.775. The Labute approximate surface area is 146 Å². The number of carbonyl (C=O) groups is 1. The number of thiazole rings is 1. The number of aromatic nitrogens is 3. The standard InChI is InChI=1S/C18H24N4OS/c1-11-9-15(20-22(11)12(2)14-6-7-14)18(23)21-8-4-5-17(21)16-10-24-13(3)19-16/h9-10,12,14,17H,4-8H2,1-3H3. The van der Waals surface area contributed by atoms with Gasteiger partial charge in [0.15, 0.2) is 5.69 Å². The fourth-order valence-electron chi connectivity index (χ4n) is 3.78. The second-order valence-corrected chi connectivity index (χ2v) is 8.20. The summed E-state index contributed by atoms with van der Waals surface area (Å²) in [4.78, 5) is 19.6. The molecule has 1 amide bonds. The monoisotopic (exact) mass is 344 g/mol. The number of aryl methyl sites for hydroxylation is 2. The van der Waals surface area contributed by atoms with Gasteiger partial charge in [-0.3, -0.25) is 9.48 Å². The maximum atomic E-state index is 13.0. The summed E-state index contributed by atoms with van der Waals surface area (Å²) in [5.41, 5.74) is 2.70. The maximum Gasteiger partial charge on any atom is 0.274 e. The van der Waals surface area contributed by atoms with E-state index in [1.54, 1.807) is 11.3 Å². The predicted octanol–water partition coefficient (Wildman–Crippen LogP) is 3.90. The lowest BCUT2D eigenvalue weighted by molar-refractivity contribution is 0.0726. The lowest BCUT2D eigenvalue weighted by Crippen LogP contribution is -2.31. The van der Waals surface area contributed by atoms with Crippen molar-refractivity contribution < 1.29 is 4.79 Å². The van der Waals surface area contributed by atoms with E-state index >= 15 is 0 Å². The first-order chi connectivity index (χ1) is 11.5. The smallest absolute Gasteiger partial charge is 0.274 e. The average molecular weight is 344 g/mol. The lowest BCUT2D eigenvalue weighted by atomic mass is 10.1. The van der Waals surface area contributed by atoms with E-state index in [2.05, 4.69) is 22.4 Å². The van der Waals surface area contributed by atoms with Gasteiger partial charge < -0.3 is 4.90 Å². The molecule has 3 heterocycles. The van der Waals surface area contributed by atoms with Crippen LogP contribution in [0.25, 0.3) is 0 Å². The Kier molecular flexibility index (Phi) is 3.95. The number of rotatable bonds is 4. The Bertz CT molecular complexity index is 761. The third-order valence-electron chi connectivity index (χ3n) is 5.32. The van der Waals surface area contributed by atoms with Crippen LogP contribution in [0, 0.1) is 19.8 Å². The van der Waals surface area contributed by atoms with E-state index in [0.717, 1.165) is 41.7 Å². The highest BCUT2D eigenvalue weighted by Gasteiger charge is 2.35. The number of nitrogens with zero attached hydrogens (tertiary/aromatic N) is 4. The molecule has 6 heteroatoms. The zero-order valence-corrected chi connectivity index (χ0v) is 15.3. The molecule has 2 atom stereocenters. The Morgan fingerprint density at radius 2 is 2.12 bits per heavy atom. The molecule has 2 aromatic rings. The van der Waals surface area contributed by atoms with Gasteiger partial charge in [0.2, 0.25) is 0 Å². The van der Waals surface area contributed by atoms with Gasteiger partial charge >= 0.3 is 0 Å². The molecule has 2 fully saturated rings. The zero-order valence-electron chi connectivity index (χ0n) is 14.5. The van der Waals surface area contributed by atoms with Gasteiger partial charge in [-0.25, -0.2) is 4.98 Å². The van der Waals surface area contributed by atoms with Gasteiger partial charge in [-0.2, -0.15) is 5.10 Å². The van der Waals surface area contributed by atoms with E-state index in [0.29, 0.717) is 11.7 Å². The van der Waals surface area contributed by atoms with E-state index in [4.69, 9.17) is 0 Å². The van der Waals surface area contributed by atoms with Crippen molar-refractivity contribution in [2.24, 2.45) is 5.92 Å². The van der Waals surface area contributed by atoms with Crippen LogP contribution in [0.5, 0.6) is 0 Å². The Morgan fingerprint density at radius 3 is 2.79 bits per heavy atom. The molecule has 5 nitrogen and oxygen atoms in total. The SMILES string of the molecule is Cc1nc(C2CCCN2C(=O)c2cc(C)n(C(C)C3CC3)n2)cs1. The Hall–Kier alpha value is -1.69. The van der Waals surface area contributed by atoms with Crippen molar-refractivity contribution in [1.82, 2.24) is 19.7 Å². The van der Waals surface area contributed by atoms with E-state index in [-0.39, 0.29) is 11.9 Å². The number of hydrogen-bond donors (Lipinski definition) is 0. The third kappa shape index (κ3) is 2.77. The quantitative estimate of drug-likeness (QED) is 0.845. The van der Waals surface area contributed by atoms with Crippen molar-refractivity contribution >= 4 is 17.2 Å². The predicted molar refractivity (Wildman–Crippen MR) is 94.3 cm³/mol. The first-order valence-corrected chi connectivity index (χ1v) is 9.71.